The maximum atomic E-state index is 12.4. The monoisotopic (exact) mass is 421 g/mol. The predicted molar refractivity (Wildman–Crippen MR) is 94.2 cm³/mol. The standard InChI is InChI=1S/C15H14BrCl2NO2S/c1-10-4-2-3-5-11(10)6-7-19-22(20,21)15-13(17)8-12(16)9-14(15)18/h2-5,8-9,19H,6-7H2,1H3. The van der Waals surface area contributed by atoms with Gasteiger partial charge in [0.05, 0.1) is 10.0 Å². The summed E-state index contributed by atoms with van der Waals surface area (Å²) >= 11 is 15.2. The quantitative estimate of drug-likeness (QED) is 0.765. The summed E-state index contributed by atoms with van der Waals surface area (Å²) in [6.07, 6.45) is 0.595. The van der Waals surface area contributed by atoms with Gasteiger partial charge in [-0.25, -0.2) is 13.1 Å². The molecule has 0 atom stereocenters. The zero-order valence-electron chi connectivity index (χ0n) is 11.7. The van der Waals surface area contributed by atoms with Crippen molar-refractivity contribution < 1.29 is 8.42 Å². The van der Waals surface area contributed by atoms with Crippen molar-refractivity contribution in [2.24, 2.45) is 0 Å². The van der Waals surface area contributed by atoms with Crippen molar-refractivity contribution in [3.8, 4) is 0 Å². The maximum absolute atomic E-state index is 12.4. The van der Waals surface area contributed by atoms with Crippen molar-refractivity contribution in [2.75, 3.05) is 6.54 Å². The molecule has 0 heterocycles. The number of nitrogens with one attached hydrogen (secondary N) is 1. The number of aryl methyl sites for hydroxylation is 1. The van der Waals surface area contributed by atoms with E-state index in [1.165, 1.54) is 12.1 Å². The van der Waals surface area contributed by atoms with Gasteiger partial charge in [0.2, 0.25) is 10.0 Å². The van der Waals surface area contributed by atoms with Gasteiger partial charge in [0.1, 0.15) is 4.90 Å². The summed E-state index contributed by atoms with van der Waals surface area (Å²) in [6.45, 7) is 2.27. The van der Waals surface area contributed by atoms with Crippen molar-refractivity contribution in [1.29, 1.82) is 0 Å². The molecule has 2 aromatic rings. The first-order valence-corrected chi connectivity index (χ1v) is 9.53. The van der Waals surface area contributed by atoms with E-state index in [1.807, 2.05) is 31.2 Å². The van der Waals surface area contributed by atoms with Crippen LogP contribution in [0.4, 0.5) is 0 Å². The van der Waals surface area contributed by atoms with Gasteiger partial charge >= 0.3 is 0 Å². The fourth-order valence-electron chi connectivity index (χ4n) is 2.07. The first kappa shape index (κ1) is 17.8. The molecule has 0 aliphatic carbocycles. The Morgan fingerprint density at radius 2 is 1.73 bits per heavy atom. The third-order valence-corrected chi connectivity index (χ3v) is 6.02. The highest BCUT2D eigenvalue weighted by atomic mass is 79.9. The van der Waals surface area contributed by atoms with Crippen LogP contribution in [0.2, 0.25) is 10.0 Å². The molecule has 0 radical (unpaired) electrons. The molecule has 0 aliphatic heterocycles. The molecule has 2 rings (SSSR count). The van der Waals surface area contributed by atoms with Gasteiger partial charge in [-0.2, -0.15) is 0 Å². The summed E-state index contributed by atoms with van der Waals surface area (Å²) in [4.78, 5) is -0.0937. The van der Waals surface area contributed by atoms with Crippen LogP contribution in [-0.4, -0.2) is 15.0 Å². The van der Waals surface area contributed by atoms with Crippen LogP contribution >= 0.6 is 39.1 Å². The minimum atomic E-state index is -3.76. The first-order chi connectivity index (χ1) is 10.3. The Balaban J connectivity index is 2.14. The number of hydrogen-bond donors (Lipinski definition) is 1. The van der Waals surface area contributed by atoms with Gasteiger partial charge in [0.25, 0.3) is 0 Å². The van der Waals surface area contributed by atoms with Crippen LogP contribution in [0, 0.1) is 6.92 Å². The summed E-state index contributed by atoms with van der Waals surface area (Å²) in [5.74, 6) is 0. The molecule has 0 aliphatic rings. The molecule has 0 unspecified atom stereocenters. The Morgan fingerprint density at radius 1 is 1.14 bits per heavy atom. The van der Waals surface area contributed by atoms with Gasteiger partial charge in [-0.15, -0.1) is 0 Å². The predicted octanol–water partition coefficient (Wildman–Crippen LogP) is 4.59. The maximum Gasteiger partial charge on any atom is 0.243 e. The SMILES string of the molecule is Cc1ccccc1CCNS(=O)(=O)c1c(Cl)cc(Br)cc1Cl. The van der Waals surface area contributed by atoms with E-state index in [-0.39, 0.29) is 21.5 Å². The van der Waals surface area contributed by atoms with Crippen LogP contribution in [0.1, 0.15) is 11.1 Å². The lowest BCUT2D eigenvalue weighted by Crippen LogP contribution is -2.26. The minimum Gasteiger partial charge on any atom is -0.211 e. The molecule has 118 valence electrons. The molecule has 1 N–H and O–H groups in total. The van der Waals surface area contributed by atoms with Crippen LogP contribution < -0.4 is 4.72 Å². The van der Waals surface area contributed by atoms with E-state index in [1.54, 1.807) is 0 Å². The second-order valence-electron chi connectivity index (χ2n) is 4.77. The van der Waals surface area contributed by atoms with E-state index in [2.05, 4.69) is 20.7 Å². The highest BCUT2D eigenvalue weighted by Gasteiger charge is 2.22. The molecule has 3 nitrogen and oxygen atoms in total. The molecule has 0 amide bonds. The largest absolute Gasteiger partial charge is 0.243 e. The number of sulfonamides is 1. The molecule has 0 bridgehead atoms. The van der Waals surface area contributed by atoms with Crippen LogP contribution in [0.5, 0.6) is 0 Å². The summed E-state index contributed by atoms with van der Waals surface area (Å²) < 4.78 is 27.9. The van der Waals surface area contributed by atoms with E-state index in [9.17, 15) is 8.42 Å². The molecule has 7 heteroatoms. The van der Waals surface area contributed by atoms with Gasteiger partial charge in [-0.3, -0.25) is 0 Å². The molecular weight excluding hydrogens is 409 g/mol. The van der Waals surface area contributed by atoms with Crippen LogP contribution in [-0.2, 0) is 16.4 Å². The van der Waals surface area contributed by atoms with E-state index < -0.39 is 10.0 Å². The Labute approximate surface area is 148 Å². The van der Waals surface area contributed by atoms with Crippen LogP contribution in [0.25, 0.3) is 0 Å². The average molecular weight is 423 g/mol. The minimum absolute atomic E-state index is 0.0859. The normalized spacial score (nSPS) is 11.6. The summed E-state index contributed by atoms with van der Waals surface area (Å²) in [6, 6.07) is 10.9. The second-order valence-corrected chi connectivity index (χ2v) is 8.21. The summed E-state index contributed by atoms with van der Waals surface area (Å²) in [5.41, 5.74) is 2.22. The summed E-state index contributed by atoms with van der Waals surface area (Å²) in [5, 5.41) is 0.172. The summed E-state index contributed by atoms with van der Waals surface area (Å²) in [7, 11) is -3.76. The Morgan fingerprint density at radius 3 is 2.32 bits per heavy atom. The van der Waals surface area contributed by atoms with E-state index >= 15 is 0 Å². The number of rotatable bonds is 5. The highest BCUT2D eigenvalue weighted by Crippen LogP contribution is 2.32. The molecule has 0 aromatic heterocycles. The Kier molecular flexibility index (Phi) is 5.91. The zero-order valence-corrected chi connectivity index (χ0v) is 15.7. The fourth-order valence-corrected chi connectivity index (χ4v) is 5.03. The number of halogens is 3. The average Bonchev–Trinajstić information content (AvgIpc) is 2.39. The zero-order chi connectivity index (χ0) is 16.3. The van der Waals surface area contributed by atoms with E-state index in [0.717, 1.165) is 11.1 Å². The lowest BCUT2D eigenvalue weighted by molar-refractivity contribution is 0.581. The molecule has 2 aromatic carbocycles. The van der Waals surface area contributed by atoms with Gasteiger partial charge in [-0.1, -0.05) is 63.4 Å². The third-order valence-electron chi connectivity index (χ3n) is 3.18. The number of benzene rings is 2. The van der Waals surface area contributed by atoms with Crippen molar-refractivity contribution >= 4 is 49.2 Å². The molecule has 0 saturated heterocycles. The molecule has 0 saturated carbocycles. The molecule has 0 spiro atoms. The van der Waals surface area contributed by atoms with Crippen LogP contribution in [0.3, 0.4) is 0 Å². The fraction of sp³-hybridized carbons (Fsp3) is 0.200. The smallest absolute Gasteiger partial charge is 0.211 e. The lowest BCUT2D eigenvalue weighted by Gasteiger charge is -2.11. The second kappa shape index (κ2) is 7.32. The molecule has 0 fully saturated rings. The van der Waals surface area contributed by atoms with Gasteiger partial charge in [0.15, 0.2) is 0 Å². The lowest BCUT2D eigenvalue weighted by atomic mass is 10.1. The Hall–Kier alpha value is -0.590. The molecule has 22 heavy (non-hydrogen) atoms. The van der Waals surface area contributed by atoms with E-state index in [0.29, 0.717) is 10.9 Å². The van der Waals surface area contributed by atoms with Crippen LogP contribution in [0.15, 0.2) is 45.8 Å². The molecular formula is C15H14BrCl2NO2S. The topological polar surface area (TPSA) is 46.2 Å². The first-order valence-electron chi connectivity index (χ1n) is 6.50. The Bertz CT molecular complexity index is 771. The number of hydrogen-bond acceptors (Lipinski definition) is 2. The van der Waals surface area contributed by atoms with Crippen molar-refractivity contribution in [3.05, 3.63) is 62.0 Å². The third kappa shape index (κ3) is 4.24. The van der Waals surface area contributed by atoms with Gasteiger partial charge in [-0.05, 0) is 36.6 Å². The van der Waals surface area contributed by atoms with E-state index in [4.69, 9.17) is 23.2 Å². The van der Waals surface area contributed by atoms with Crippen molar-refractivity contribution in [3.63, 3.8) is 0 Å². The van der Waals surface area contributed by atoms with Crippen molar-refractivity contribution in [2.45, 2.75) is 18.2 Å². The van der Waals surface area contributed by atoms with Gasteiger partial charge in [0, 0.05) is 11.0 Å². The van der Waals surface area contributed by atoms with Crippen molar-refractivity contribution in [1.82, 2.24) is 4.72 Å². The highest BCUT2D eigenvalue weighted by molar-refractivity contribution is 9.10. The van der Waals surface area contributed by atoms with Gasteiger partial charge < -0.3 is 0 Å².